The minimum absolute atomic E-state index is 0.00131. The summed E-state index contributed by atoms with van der Waals surface area (Å²) in [5.74, 6) is 0.694. The topological polar surface area (TPSA) is 125 Å². The SMILES string of the molecule is CC=C(CCO)C(=O)OC(C)(C)[C@@]1(CC2CCC(N)[NH2+]C2)CC2CC3CCC(=O)OC3CC2O1. The highest BCUT2D eigenvalue weighted by Crippen LogP contribution is 2.54. The highest BCUT2D eigenvalue weighted by molar-refractivity contribution is 5.88. The van der Waals surface area contributed by atoms with Gasteiger partial charge in [0.15, 0.2) is 0 Å². The van der Waals surface area contributed by atoms with Crippen LogP contribution in [0, 0.1) is 17.8 Å². The van der Waals surface area contributed by atoms with Crippen molar-refractivity contribution >= 4 is 11.9 Å². The third-order valence-electron chi connectivity index (χ3n) is 8.83. The Kier molecular flexibility index (Phi) is 7.72. The van der Waals surface area contributed by atoms with E-state index in [4.69, 9.17) is 19.9 Å². The Hall–Kier alpha value is -1.48. The van der Waals surface area contributed by atoms with Crippen molar-refractivity contribution < 1.29 is 34.2 Å². The Morgan fingerprint density at radius 2 is 2.06 bits per heavy atom. The zero-order chi connectivity index (χ0) is 24.5. The van der Waals surface area contributed by atoms with Crippen LogP contribution in [0.1, 0.15) is 78.6 Å². The minimum atomic E-state index is -0.855. The average Bonchev–Trinajstić information content (AvgIpc) is 3.15. The summed E-state index contributed by atoms with van der Waals surface area (Å²) < 4.78 is 18.8. The number of hydrogen-bond donors (Lipinski definition) is 3. The van der Waals surface area contributed by atoms with Gasteiger partial charge in [0.2, 0.25) is 0 Å². The number of carbonyl (C=O) groups excluding carboxylic acids is 2. The molecule has 1 aliphatic carbocycles. The van der Waals surface area contributed by atoms with E-state index in [-0.39, 0.29) is 43.3 Å². The predicted molar refractivity (Wildman–Crippen MR) is 125 cm³/mol. The molecule has 0 bridgehead atoms. The molecule has 0 amide bonds. The monoisotopic (exact) mass is 479 g/mol. The second-order valence-corrected chi connectivity index (χ2v) is 11.4. The number of allylic oxidation sites excluding steroid dienone is 1. The van der Waals surface area contributed by atoms with Crippen LogP contribution in [-0.4, -0.2) is 59.8 Å². The van der Waals surface area contributed by atoms with Gasteiger partial charge < -0.3 is 24.6 Å². The Bertz CT molecular complexity index is 790. The van der Waals surface area contributed by atoms with Crippen LogP contribution >= 0.6 is 0 Å². The summed E-state index contributed by atoms with van der Waals surface area (Å²) in [4.78, 5) is 24.9. The number of piperidine rings is 1. The van der Waals surface area contributed by atoms with Gasteiger partial charge in [-0.3, -0.25) is 10.5 Å². The van der Waals surface area contributed by atoms with Crippen molar-refractivity contribution in [2.75, 3.05) is 13.2 Å². The molecular formula is C26H43N2O6+. The van der Waals surface area contributed by atoms with Crippen LogP contribution in [0.5, 0.6) is 0 Å². The lowest BCUT2D eigenvalue weighted by molar-refractivity contribution is -0.703. The first-order chi connectivity index (χ1) is 16.2. The first-order valence-electron chi connectivity index (χ1n) is 13.1. The van der Waals surface area contributed by atoms with Crippen LogP contribution < -0.4 is 11.1 Å². The lowest BCUT2D eigenvalue weighted by Gasteiger charge is -2.45. The zero-order valence-electron chi connectivity index (χ0n) is 21.0. The number of quaternary nitrogens is 1. The van der Waals surface area contributed by atoms with E-state index in [1.165, 1.54) is 0 Å². The van der Waals surface area contributed by atoms with Gasteiger partial charge in [0.1, 0.15) is 23.5 Å². The van der Waals surface area contributed by atoms with E-state index in [1.54, 1.807) is 13.0 Å². The van der Waals surface area contributed by atoms with Crippen molar-refractivity contribution in [3.8, 4) is 0 Å². The molecule has 0 aromatic carbocycles. The summed E-state index contributed by atoms with van der Waals surface area (Å²) in [6.45, 7) is 6.58. The van der Waals surface area contributed by atoms with Gasteiger partial charge in [-0.1, -0.05) is 6.08 Å². The maximum Gasteiger partial charge on any atom is 0.334 e. The van der Waals surface area contributed by atoms with Crippen LogP contribution in [0.3, 0.4) is 0 Å². The smallest absolute Gasteiger partial charge is 0.334 e. The van der Waals surface area contributed by atoms with Crippen molar-refractivity contribution in [2.24, 2.45) is 23.5 Å². The van der Waals surface area contributed by atoms with E-state index >= 15 is 0 Å². The molecule has 1 saturated carbocycles. The molecule has 0 radical (unpaired) electrons. The summed E-state index contributed by atoms with van der Waals surface area (Å²) in [5, 5.41) is 11.6. The lowest BCUT2D eigenvalue weighted by Crippen LogP contribution is -2.95. The molecule has 5 N–H and O–H groups in total. The van der Waals surface area contributed by atoms with Gasteiger partial charge in [-0.05, 0) is 64.7 Å². The van der Waals surface area contributed by atoms with Crippen molar-refractivity contribution in [1.29, 1.82) is 0 Å². The van der Waals surface area contributed by atoms with Gasteiger partial charge >= 0.3 is 11.9 Å². The van der Waals surface area contributed by atoms with Crippen LogP contribution in [0.2, 0.25) is 0 Å². The first-order valence-corrected chi connectivity index (χ1v) is 13.1. The molecule has 34 heavy (non-hydrogen) atoms. The van der Waals surface area contributed by atoms with Gasteiger partial charge in [-0.25, -0.2) is 4.79 Å². The molecule has 0 aromatic rings. The van der Waals surface area contributed by atoms with Gasteiger partial charge in [-0.15, -0.1) is 0 Å². The number of carbonyl (C=O) groups is 2. The molecule has 192 valence electrons. The second kappa shape index (κ2) is 10.2. The van der Waals surface area contributed by atoms with E-state index in [0.717, 1.165) is 51.5 Å². The number of rotatable bonds is 7. The van der Waals surface area contributed by atoms with Crippen molar-refractivity contribution in [3.63, 3.8) is 0 Å². The standard InChI is InChI=1S/C26H42N2O6/c1-4-17(9-10-29)24(31)34-25(2,3)26(13-16-5-7-22(27)28-15-16)14-19-11-18-6-8-23(30)32-20(18)12-21(19)33-26/h4,16,18-22,28-29H,5-15,27H2,1-3H3/p+1/t16?,18?,19?,20?,21?,22?,26-/m1/s1. The summed E-state index contributed by atoms with van der Waals surface area (Å²) in [5.41, 5.74) is 5.13. The number of hydrogen-bond acceptors (Lipinski definition) is 7. The van der Waals surface area contributed by atoms with Gasteiger partial charge in [0.05, 0.1) is 12.6 Å². The molecule has 3 heterocycles. The quantitative estimate of drug-likeness (QED) is 0.374. The Labute approximate surface area is 202 Å². The summed E-state index contributed by atoms with van der Waals surface area (Å²) in [6.07, 6.45) is 8.82. The Balaban J connectivity index is 1.56. The van der Waals surface area contributed by atoms with Crippen molar-refractivity contribution in [3.05, 3.63) is 11.6 Å². The predicted octanol–water partition coefficient (Wildman–Crippen LogP) is 1.54. The molecule has 4 aliphatic rings. The highest BCUT2D eigenvalue weighted by atomic mass is 16.6. The van der Waals surface area contributed by atoms with Crippen LogP contribution in [0.25, 0.3) is 0 Å². The number of aliphatic hydroxyl groups is 1. The molecule has 8 heteroatoms. The zero-order valence-corrected chi connectivity index (χ0v) is 21.0. The van der Waals surface area contributed by atoms with Crippen LogP contribution in [0.15, 0.2) is 11.6 Å². The number of nitrogens with two attached hydrogens (primary N) is 2. The number of aliphatic hydroxyl groups excluding tert-OH is 1. The molecule has 4 fully saturated rings. The molecule has 6 unspecified atom stereocenters. The molecule has 3 saturated heterocycles. The first kappa shape index (κ1) is 25.6. The minimum Gasteiger partial charge on any atom is -0.462 e. The maximum absolute atomic E-state index is 13.0. The number of ether oxygens (including phenoxy) is 3. The molecule has 7 atom stereocenters. The molecular weight excluding hydrogens is 436 g/mol. The highest BCUT2D eigenvalue weighted by Gasteiger charge is 2.60. The van der Waals surface area contributed by atoms with E-state index in [0.29, 0.717) is 29.7 Å². The van der Waals surface area contributed by atoms with Crippen LogP contribution in [0.4, 0.5) is 0 Å². The molecule has 0 aromatic heterocycles. The third kappa shape index (κ3) is 5.20. The largest absolute Gasteiger partial charge is 0.462 e. The van der Waals surface area contributed by atoms with Gasteiger partial charge in [-0.2, -0.15) is 0 Å². The fraction of sp³-hybridized carbons (Fsp3) is 0.846. The molecule has 0 spiro atoms. The normalized spacial score (nSPS) is 38.6. The van der Waals surface area contributed by atoms with Gasteiger partial charge in [0.25, 0.3) is 0 Å². The number of fused-ring (bicyclic) bond motifs is 2. The van der Waals surface area contributed by atoms with E-state index in [9.17, 15) is 14.7 Å². The lowest BCUT2D eigenvalue weighted by atomic mass is 9.69. The molecule has 4 rings (SSSR count). The van der Waals surface area contributed by atoms with E-state index < -0.39 is 11.2 Å². The third-order valence-corrected chi connectivity index (χ3v) is 8.83. The fourth-order valence-corrected chi connectivity index (χ4v) is 6.73. The summed E-state index contributed by atoms with van der Waals surface area (Å²) in [7, 11) is 0. The summed E-state index contributed by atoms with van der Waals surface area (Å²) in [6, 6.07) is 0. The van der Waals surface area contributed by atoms with E-state index in [2.05, 4.69) is 5.32 Å². The molecule has 8 nitrogen and oxygen atoms in total. The van der Waals surface area contributed by atoms with E-state index in [1.807, 2.05) is 13.8 Å². The average molecular weight is 480 g/mol. The van der Waals surface area contributed by atoms with Crippen molar-refractivity contribution in [2.45, 2.75) is 108 Å². The maximum atomic E-state index is 13.0. The Morgan fingerprint density at radius 3 is 2.74 bits per heavy atom. The second-order valence-electron chi connectivity index (χ2n) is 11.4. The summed E-state index contributed by atoms with van der Waals surface area (Å²) >= 11 is 0. The number of esters is 2. The van der Waals surface area contributed by atoms with Crippen LogP contribution in [-0.2, 0) is 23.8 Å². The fourth-order valence-electron chi connectivity index (χ4n) is 6.73. The van der Waals surface area contributed by atoms with Crippen molar-refractivity contribution in [1.82, 2.24) is 0 Å². The molecule has 3 aliphatic heterocycles. The van der Waals surface area contributed by atoms with Gasteiger partial charge in [0, 0.05) is 43.8 Å². The Morgan fingerprint density at radius 1 is 1.26 bits per heavy atom.